The van der Waals surface area contributed by atoms with Crippen molar-refractivity contribution in [2.45, 2.75) is 19.8 Å². The summed E-state index contributed by atoms with van der Waals surface area (Å²) in [5.74, 6) is -0.579. The van der Waals surface area contributed by atoms with Gasteiger partial charge in [-0.2, -0.15) is 0 Å². The fraction of sp³-hybridized carbons (Fsp3) is 0.400. The van der Waals surface area contributed by atoms with Crippen LogP contribution in [-0.4, -0.2) is 38.3 Å². The van der Waals surface area contributed by atoms with E-state index < -0.39 is 24.6 Å². The van der Waals surface area contributed by atoms with Crippen LogP contribution in [0.25, 0.3) is 0 Å². The first-order valence-electron chi connectivity index (χ1n) is 6.81. The maximum absolute atomic E-state index is 11.6. The molecule has 0 spiro atoms. The summed E-state index contributed by atoms with van der Waals surface area (Å²) in [5.41, 5.74) is 0.873. The van der Waals surface area contributed by atoms with E-state index in [0.29, 0.717) is 12.2 Å². The Balaban J connectivity index is 2.32. The molecule has 0 aliphatic rings. The third-order valence-electron chi connectivity index (χ3n) is 2.67. The summed E-state index contributed by atoms with van der Waals surface area (Å²) in [4.78, 5) is 33.8. The lowest BCUT2D eigenvalue weighted by atomic mass is 10.1. The Morgan fingerprint density at radius 3 is 2.55 bits per heavy atom. The monoisotopic (exact) mass is 309 g/mol. The van der Waals surface area contributed by atoms with Crippen molar-refractivity contribution in [3.05, 3.63) is 29.8 Å². The zero-order valence-electron chi connectivity index (χ0n) is 12.6. The van der Waals surface area contributed by atoms with Gasteiger partial charge >= 0.3 is 12.1 Å². The highest BCUT2D eigenvalue weighted by Crippen LogP contribution is 2.18. The summed E-state index contributed by atoms with van der Waals surface area (Å²) in [5, 5.41) is 1.93. The molecule has 120 valence electrons. The van der Waals surface area contributed by atoms with Gasteiger partial charge in [0.15, 0.2) is 6.61 Å². The molecule has 0 aromatic heterocycles. The molecule has 1 N–H and O–H groups in total. The Hall–Kier alpha value is -2.57. The van der Waals surface area contributed by atoms with Crippen LogP contribution in [0, 0.1) is 0 Å². The van der Waals surface area contributed by atoms with Crippen LogP contribution in [0.15, 0.2) is 24.3 Å². The summed E-state index contributed by atoms with van der Waals surface area (Å²) >= 11 is 0. The molecule has 0 atom stereocenters. The summed E-state index contributed by atoms with van der Waals surface area (Å²) in [6.07, 6.45) is -0.326. The Kier molecular flexibility index (Phi) is 7.45. The number of rotatable bonds is 7. The number of methoxy groups -OCH3 is 1. The molecule has 0 fully saturated rings. The molecule has 7 nitrogen and oxygen atoms in total. The zero-order chi connectivity index (χ0) is 16.4. The van der Waals surface area contributed by atoms with E-state index in [2.05, 4.69) is 4.74 Å². The lowest BCUT2D eigenvalue weighted by Crippen LogP contribution is -2.34. The second-order valence-electron chi connectivity index (χ2n) is 4.24. The van der Waals surface area contributed by atoms with Crippen LogP contribution in [0.2, 0.25) is 0 Å². The molecule has 7 heteroatoms. The van der Waals surface area contributed by atoms with Crippen molar-refractivity contribution in [2.24, 2.45) is 0 Å². The van der Waals surface area contributed by atoms with Crippen LogP contribution in [0.4, 0.5) is 4.79 Å². The number of para-hydroxylation sites is 1. The van der Waals surface area contributed by atoms with Gasteiger partial charge in [0.2, 0.25) is 0 Å². The predicted octanol–water partition coefficient (Wildman–Crippen LogP) is 1.44. The third kappa shape index (κ3) is 6.25. The first kappa shape index (κ1) is 17.5. The molecular formula is C15H19NO6. The van der Waals surface area contributed by atoms with Crippen LogP contribution in [0.5, 0.6) is 5.75 Å². The number of amides is 2. The van der Waals surface area contributed by atoms with Crippen LogP contribution >= 0.6 is 0 Å². The number of alkyl carbamates (subject to hydrolysis) is 1. The van der Waals surface area contributed by atoms with Crippen molar-refractivity contribution in [3.8, 4) is 5.75 Å². The smallest absolute Gasteiger partial charge is 0.413 e. The molecule has 0 heterocycles. The molecule has 0 aliphatic carbocycles. The van der Waals surface area contributed by atoms with E-state index in [1.54, 1.807) is 20.1 Å². The molecule has 0 bridgehead atoms. The molecule has 2 amide bonds. The SMILES string of the molecule is CCOC(=O)NC(=O)COC(=O)CCc1ccccc1OC. The van der Waals surface area contributed by atoms with Crippen molar-refractivity contribution in [2.75, 3.05) is 20.3 Å². The van der Waals surface area contributed by atoms with Gasteiger partial charge in [0.05, 0.1) is 13.7 Å². The number of imide groups is 1. The van der Waals surface area contributed by atoms with Gasteiger partial charge in [0, 0.05) is 6.42 Å². The minimum absolute atomic E-state index is 0.104. The molecule has 0 saturated heterocycles. The molecule has 0 radical (unpaired) electrons. The Bertz CT molecular complexity index is 529. The number of ether oxygens (including phenoxy) is 3. The standard InChI is InChI=1S/C15H19NO6/c1-3-21-15(19)16-13(17)10-22-14(18)9-8-11-6-4-5-7-12(11)20-2/h4-7H,3,8-10H2,1-2H3,(H,16,17,19). The maximum atomic E-state index is 11.6. The summed E-state index contributed by atoms with van der Waals surface area (Å²) < 4.78 is 14.5. The molecule has 1 aromatic carbocycles. The van der Waals surface area contributed by atoms with Crippen LogP contribution in [0.1, 0.15) is 18.9 Å². The second kappa shape index (κ2) is 9.38. The molecule has 0 saturated carbocycles. The second-order valence-corrected chi connectivity index (χ2v) is 4.24. The fourth-order valence-electron chi connectivity index (χ4n) is 1.68. The van der Waals surface area contributed by atoms with Crippen LogP contribution in [0.3, 0.4) is 0 Å². The Morgan fingerprint density at radius 2 is 1.86 bits per heavy atom. The summed E-state index contributed by atoms with van der Waals surface area (Å²) in [7, 11) is 1.55. The minimum Gasteiger partial charge on any atom is -0.496 e. The average molecular weight is 309 g/mol. The van der Waals surface area contributed by atoms with Gasteiger partial charge in [-0.3, -0.25) is 14.9 Å². The number of aryl methyl sites for hydroxylation is 1. The third-order valence-corrected chi connectivity index (χ3v) is 2.67. The van der Waals surface area contributed by atoms with Gasteiger partial charge in [0.1, 0.15) is 5.75 Å². The van der Waals surface area contributed by atoms with E-state index in [1.165, 1.54) is 0 Å². The zero-order valence-corrected chi connectivity index (χ0v) is 12.6. The predicted molar refractivity (Wildman–Crippen MR) is 77.4 cm³/mol. The Morgan fingerprint density at radius 1 is 1.14 bits per heavy atom. The van der Waals surface area contributed by atoms with Crippen molar-refractivity contribution in [3.63, 3.8) is 0 Å². The Labute approximate surface area is 128 Å². The number of carbonyl (C=O) groups is 3. The largest absolute Gasteiger partial charge is 0.496 e. The highest BCUT2D eigenvalue weighted by Gasteiger charge is 2.12. The van der Waals surface area contributed by atoms with Crippen LogP contribution < -0.4 is 10.1 Å². The van der Waals surface area contributed by atoms with Gasteiger partial charge < -0.3 is 14.2 Å². The summed E-state index contributed by atoms with van der Waals surface area (Å²) in [6.45, 7) is 1.24. The first-order valence-corrected chi connectivity index (χ1v) is 6.81. The quantitative estimate of drug-likeness (QED) is 0.766. The number of hydrogen-bond acceptors (Lipinski definition) is 6. The van der Waals surface area contributed by atoms with Crippen molar-refractivity contribution >= 4 is 18.0 Å². The minimum atomic E-state index is -0.863. The van der Waals surface area contributed by atoms with Gasteiger partial charge in [0.25, 0.3) is 5.91 Å². The van der Waals surface area contributed by atoms with E-state index >= 15 is 0 Å². The summed E-state index contributed by atoms with van der Waals surface area (Å²) in [6, 6.07) is 7.32. The molecule has 0 aliphatic heterocycles. The number of nitrogens with one attached hydrogen (secondary N) is 1. The van der Waals surface area contributed by atoms with Crippen molar-refractivity contribution in [1.82, 2.24) is 5.32 Å². The molecule has 0 unspecified atom stereocenters. The lowest BCUT2D eigenvalue weighted by molar-refractivity contribution is -0.148. The van der Waals surface area contributed by atoms with Crippen molar-refractivity contribution < 1.29 is 28.6 Å². The average Bonchev–Trinajstić information content (AvgIpc) is 2.51. The maximum Gasteiger partial charge on any atom is 0.413 e. The van der Waals surface area contributed by atoms with Crippen LogP contribution in [-0.2, 0) is 25.5 Å². The molecule has 1 rings (SSSR count). The van der Waals surface area contributed by atoms with Gasteiger partial charge in [-0.05, 0) is 25.0 Å². The number of esters is 1. The number of carbonyl (C=O) groups excluding carboxylic acids is 3. The molecular weight excluding hydrogens is 290 g/mol. The normalized spacial score (nSPS) is 9.73. The van der Waals surface area contributed by atoms with E-state index in [1.807, 2.05) is 23.5 Å². The first-order chi connectivity index (χ1) is 10.6. The van der Waals surface area contributed by atoms with E-state index in [-0.39, 0.29) is 13.0 Å². The van der Waals surface area contributed by atoms with Gasteiger partial charge in [-0.15, -0.1) is 0 Å². The van der Waals surface area contributed by atoms with Crippen molar-refractivity contribution in [1.29, 1.82) is 0 Å². The lowest BCUT2D eigenvalue weighted by Gasteiger charge is -2.08. The number of hydrogen-bond donors (Lipinski definition) is 1. The number of benzene rings is 1. The van der Waals surface area contributed by atoms with Gasteiger partial charge in [-0.25, -0.2) is 4.79 Å². The van der Waals surface area contributed by atoms with Gasteiger partial charge in [-0.1, -0.05) is 18.2 Å². The van der Waals surface area contributed by atoms with E-state index in [9.17, 15) is 14.4 Å². The van der Waals surface area contributed by atoms with E-state index in [4.69, 9.17) is 9.47 Å². The molecule has 1 aromatic rings. The van der Waals surface area contributed by atoms with E-state index in [0.717, 1.165) is 5.56 Å². The topological polar surface area (TPSA) is 90.9 Å². The molecule has 22 heavy (non-hydrogen) atoms. The highest BCUT2D eigenvalue weighted by molar-refractivity contribution is 5.93. The highest BCUT2D eigenvalue weighted by atomic mass is 16.6. The fourth-order valence-corrected chi connectivity index (χ4v) is 1.68.